The standard InChI is InChI=1S/C13H21NO/c1-2-3-10-14-11-12-6-9-13(15-12)7-4-5-8-13/h1,12,14H,3-11H2. The summed E-state index contributed by atoms with van der Waals surface area (Å²) in [6.45, 7) is 1.90. The van der Waals surface area contributed by atoms with Crippen molar-refractivity contribution in [2.45, 2.75) is 56.7 Å². The molecule has 2 aliphatic rings. The van der Waals surface area contributed by atoms with Crippen LogP contribution in [0.3, 0.4) is 0 Å². The maximum absolute atomic E-state index is 6.18. The lowest BCUT2D eigenvalue weighted by atomic mass is 9.98. The Bertz CT molecular complexity index is 237. The van der Waals surface area contributed by atoms with Crippen LogP contribution < -0.4 is 5.32 Å². The molecule has 1 N–H and O–H groups in total. The van der Waals surface area contributed by atoms with E-state index >= 15 is 0 Å². The predicted octanol–water partition coefficient (Wildman–Crippen LogP) is 2.09. The summed E-state index contributed by atoms with van der Waals surface area (Å²) in [5.74, 6) is 2.64. The van der Waals surface area contributed by atoms with Crippen LogP contribution in [0.1, 0.15) is 44.9 Å². The third-order valence-electron chi connectivity index (χ3n) is 3.67. The average Bonchev–Trinajstić information content (AvgIpc) is 2.85. The molecular weight excluding hydrogens is 186 g/mol. The van der Waals surface area contributed by atoms with Crippen molar-refractivity contribution in [2.75, 3.05) is 13.1 Å². The van der Waals surface area contributed by atoms with E-state index in [4.69, 9.17) is 11.2 Å². The Hall–Kier alpha value is -0.520. The molecule has 0 aromatic heterocycles. The number of hydrogen-bond donors (Lipinski definition) is 1. The van der Waals surface area contributed by atoms with Gasteiger partial charge in [0.2, 0.25) is 0 Å². The van der Waals surface area contributed by atoms with Crippen LogP contribution in [0, 0.1) is 12.3 Å². The molecule has 0 aromatic rings. The van der Waals surface area contributed by atoms with E-state index in [1.54, 1.807) is 0 Å². The minimum Gasteiger partial charge on any atom is -0.370 e. The molecule has 2 heteroatoms. The topological polar surface area (TPSA) is 21.3 Å². The quantitative estimate of drug-likeness (QED) is 0.563. The van der Waals surface area contributed by atoms with Gasteiger partial charge in [0.1, 0.15) is 0 Å². The summed E-state index contributed by atoms with van der Waals surface area (Å²) >= 11 is 0. The first-order valence-electron chi connectivity index (χ1n) is 6.17. The zero-order valence-electron chi connectivity index (χ0n) is 9.43. The maximum Gasteiger partial charge on any atom is 0.0708 e. The average molecular weight is 207 g/mol. The van der Waals surface area contributed by atoms with Crippen LogP contribution in [-0.2, 0) is 4.74 Å². The van der Waals surface area contributed by atoms with Crippen molar-refractivity contribution < 1.29 is 4.74 Å². The number of nitrogens with one attached hydrogen (secondary N) is 1. The number of terminal acetylenes is 1. The summed E-state index contributed by atoms with van der Waals surface area (Å²) in [7, 11) is 0. The van der Waals surface area contributed by atoms with E-state index in [0.29, 0.717) is 6.10 Å². The fourth-order valence-electron chi connectivity index (χ4n) is 2.85. The van der Waals surface area contributed by atoms with E-state index in [0.717, 1.165) is 19.5 Å². The minimum atomic E-state index is 0.276. The summed E-state index contributed by atoms with van der Waals surface area (Å²) in [6.07, 6.45) is 14.2. The fourth-order valence-corrected chi connectivity index (χ4v) is 2.85. The summed E-state index contributed by atoms with van der Waals surface area (Å²) in [5.41, 5.74) is 0.276. The Morgan fingerprint density at radius 1 is 1.33 bits per heavy atom. The highest BCUT2D eigenvalue weighted by Gasteiger charge is 2.41. The van der Waals surface area contributed by atoms with Gasteiger partial charge in [-0.25, -0.2) is 0 Å². The predicted molar refractivity (Wildman–Crippen MR) is 61.6 cm³/mol. The van der Waals surface area contributed by atoms with Gasteiger partial charge in [-0.15, -0.1) is 12.3 Å². The molecule has 84 valence electrons. The smallest absolute Gasteiger partial charge is 0.0708 e. The summed E-state index contributed by atoms with van der Waals surface area (Å²) in [5, 5.41) is 3.37. The molecule has 2 fully saturated rings. The molecule has 1 saturated carbocycles. The van der Waals surface area contributed by atoms with Crippen molar-refractivity contribution in [1.29, 1.82) is 0 Å². The van der Waals surface area contributed by atoms with Crippen molar-refractivity contribution >= 4 is 0 Å². The Labute approximate surface area is 92.8 Å². The highest BCUT2D eigenvalue weighted by Crippen LogP contribution is 2.42. The van der Waals surface area contributed by atoms with Gasteiger partial charge in [-0.05, 0) is 25.7 Å². The molecule has 2 nitrogen and oxygen atoms in total. The van der Waals surface area contributed by atoms with Gasteiger partial charge in [-0.3, -0.25) is 0 Å². The van der Waals surface area contributed by atoms with Crippen LogP contribution in [-0.4, -0.2) is 24.8 Å². The highest BCUT2D eigenvalue weighted by atomic mass is 16.5. The molecule has 0 radical (unpaired) electrons. The van der Waals surface area contributed by atoms with E-state index in [2.05, 4.69) is 11.2 Å². The first kappa shape index (κ1) is 11.0. The van der Waals surface area contributed by atoms with Gasteiger partial charge in [0.05, 0.1) is 11.7 Å². The van der Waals surface area contributed by atoms with Gasteiger partial charge in [0.25, 0.3) is 0 Å². The molecule has 0 aromatic carbocycles. The Balaban J connectivity index is 1.67. The van der Waals surface area contributed by atoms with Gasteiger partial charge in [-0.1, -0.05) is 12.8 Å². The Morgan fingerprint density at radius 3 is 2.87 bits per heavy atom. The second-order valence-electron chi connectivity index (χ2n) is 4.83. The lowest BCUT2D eigenvalue weighted by Gasteiger charge is -2.23. The Morgan fingerprint density at radius 2 is 2.13 bits per heavy atom. The van der Waals surface area contributed by atoms with E-state index in [1.165, 1.54) is 38.5 Å². The molecule has 15 heavy (non-hydrogen) atoms. The zero-order chi connectivity index (χ0) is 10.6. The molecule has 1 aliphatic carbocycles. The second kappa shape index (κ2) is 5.01. The van der Waals surface area contributed by atoms with Gasteiger partial charge >= 0.3 is 0 Å². The largest absolute Gasteiger partial charge is 0.370 e. The summed E-state index contributed by atoms with van der Waals surface area (Å²) in [6, 6.07) is 0. The summed E-state index contributed by atoms with van der Waals surface area (Å²) in [4.78, 5) is 0. The van der Waals surface area contributed by atoms with Crippen molar-refractivity contribution in [2.24, 2.45) is 0 Å². The molecule has 1 saturated heterocycles. The number of ether oxygens (including phenoxy) is 1. The molecule has 1 spiro atoms. The van der Waals surface area contributed by atoms with Crippen LogP contribution in [0.4, 0.5) is 0 Å². The normalized spacial score (nSPS) is 28.3. The van der Waals surface area contributed by atoms with E-state index < -0.39 is 0 Å². The van der Waals surface area contributed by atoms with E-state index in [-0.39, 0.29) is 5.60 Å². The van der Waals surface area contributed by atoms with Crippen molar-refractivity contribution in [3.8, 4) is 12.3 Å². The van der Waals surface area contributed by atoms with Crippen LogP contribution >= 0.6 is 0 Å². The molecule has 1 aliphatic heterocycles. The van der Waals surface area contributed by atoms with Crippen LogP contribution in [0.25, 0.3) is 0 Å². The van der Waals surface area contributed by atoms with Crippen LogP contribution in [0.15, 0.2) is 0 Å². The highest BCUT2D eigenvalue weighted by molar-refractivity contribution is 4.93. The van der Waals surface area contributed by atoms with Gasteiger partial charge in [-0.2, -0.15) is 0 Å². The third kappa shape index (κ3) is 2.74. The van der Waals surface area contributed by atoms with Crippen LogP contribution in [0.2, 0.25) is 0 Å². The van der Waals surface area contributed by atoms with Crippen molar-refractivity contribution in [3.63, 3.8) is 0 Å². The van der Waals surface area contributed by atoms with Crippen molar-refractivity contribution in [3.05, 3.63) is 0 Å². The lowest BCUT2D eigenvalue weighted by molar-refractivity contribution is -0.0349. The zero-order valence-corrected chi connectivity index (χ0v) is 9.43. The van der Waals surface area contributed by atoms with Gasteiger partial charge < -0.3 is 10.1 Å². The summed E-state index contributed by atoms with van der Waals surface area (Å²) < 4.78 is 6.18. The Kier molecular flexibility index (Phi) is 3.66. The maximum atomic E-state index is 6.18. The minimum absolute atomic E-state index is 0.276. The van der Waals surface area contributed by atoms with Gasteiger partial charge in [0.15, 0.2) is 0 Å². The molecule has 1 unspecified atom stereocenters. The second-order valence-corrected chi connectivity index (χ2v) is 4.83. The first-order chi connectivity index (χ1) is 7.35. The molecule has 1 heterocycles. The molecule has 0 amide bonds. The lowest BCUT2D eigenvalue weighted by Crippen LogP contribution is -2.31. The molecular formula is C13H21NO. The SMILES string of the molecule is C#CCCNCC1CCC2(CCCC2)O1. The van der Waals surface area contributed by atoms with E-state index in [1.807, 2.05) is 0 Å². The van der Waals surface area contributed by atoms with Crippen LogP contribution in [0.5, 0.6) is 0 Å². The third-order valence-corrected chi connectivity index (χ3v) is 3.67. The number of hydrogen-bond acceptors (Lipinski definition) is 2. The first-order valence-corrected chi connectivity index (χ1v) is 6.17. The number of rotatable bonds is 4. The molecule has 2 rings (SSSR count). The monoisotopic (exact) mass is 207 g/mol. The molecule has 0 bridgehead atoms. The van der Waals surface area contributed by atoms with Gasteiger partial charge in [0, 0.05) is 19.5 Å². The fraction of sp³-hybridized carbons (Fsp3) is 0.846. The van der Waals surface area contributed by atoms with E-state index in [9.17, 15) is 0 Å². The van der Waals surface area contributed by atoms with Crippen molar-refractivity contribution in [1.82, 2.24) is 5.32 Å². The molecule has 1 atom stereocenters.